The zero-order valence-electron chi connectivity index (χ0n) is 17.0. The standard InChI is InChI=1S/C21H27N5O3/c1-14-6-5-10-22-18(14)21(28)25-11-9-17(19-23-15(2)24-29-19)26(13-12-25)20(27)16-7-3-4-8-16/h5-6,10,16-17H,3-4,7-9,11-13H2,1-2H3. The summed E-state index contributed by atoms with van der Waals surface area (Å²) in [4.78, 5) is 38.6. The first-order chi connectivity index (χ1) is 14.0. The number of carbonyl (C=O) groups excluding carboxylic acids is 2. The Morgan fingerprint density at radius 1 is 1.10 bits per heavy atom. The van der Waals surface area contributed by atoms with Crippen molar-refractivity contribution in [2.75, 3.05) is 19.6 Å². The van der Waals surface area contributed by atoms with Gasteiger partial charge in [-0.2, -0.15) is 4.98 Å². The highest BCUT2D eigenvalue weighted by molar-refractivity contribution is 5.93. The minimum Gasteiger partial charge on any atom is -0.337 e. The van der Waals surface area contributed by atoms with Gasteiger partial charge in [-0.3, -0.25) is 14.6 Å². The topological polar surface area (TPSA) is 92.4 Å². The van der Waals surface area contributed by atoms with Crippen molar-refractivity contribution >= 4 is 11.8 Å². The molecule has 1 aliphatic heterocycles. The van der Waals surface area contributed by atoms with Gasteiger partial charge in [0.15, 0.2) is 5.82 Å². The van der Waals surface area contributed by atoms with Crippen LogP contribution in [-0.4, -0.2) is 56.4 Å². The summed E-state index contributed by atoms with van der Waals surface area (Å²) in [7, 11) is 0. The molecule has 1 saturated carbocycles. The van der Waals surface area contributed by atoms with Gasteiger partial charge >= 0.3 is 0 Å². The van der Waals surface area contributed by atoms with Gasteiger partial charge in [0, 0.05) is 31.7 Å². The van der Waals surface area contributed by atoms with Crippen LogP contribution in [-0.2, 0) is 4.79 Å². The largest absolute Gasteiger partial charge is 0.337 e. The molecule has 2 amide bonds. The maximum Gasteiger partial charge on any atom is 0.272 e. The molecule has 29 heavy (non-hydrogen) atoms. The number of rotatable bonds is 3. The summed E-state index contributed by atoms with van der Waals surface area (Å²) in [6.45, 7) is 5.09. The fraction of sp³-hybridized carbons (Fsp3) is 0.571. The van der Waals surface area contributed by atoms with E-state index in [1.54, 1.807) is 18.0 Å². The number of hydrogen-bond acceptors (Lipinski definition) is 6. The molecule has 0 aromatic carbocycles. The lowest BCUT2D eigenvalue weighted by atomic mass is 10.0. The highest BCUT2D eigenvalue weighted by Gasteiger charge is 2.37. The van der Waals surface area contributed by atoms with Crippen LogP contribution in [0, 0.1) is 19.8 Å². The molecule has 0 N–H and O–H groups in total. The molecule has 2 aromatic rings. The Hall–Kier alpha value is -2.77. The molecule has 8 nitrogen and oxygen atoms in total. The van der Waals surface area contributed by atoms with Gasteiger partial charge in [-0.15, -0.1) is 0 Å². The molecule has 0 bridgehead atoms. The fourth-order valence-corrected chi connectivity index (χ4v) is 4.37. The van der Waals surface area contributed by atoms with Crippen LogP contribution in [0.4, 0.5) is 0 Å². The average Bonchev–Trinajstić information content (AvgIpc) is 3.35. The second-order valence-corrected chi connectivity index (χ2v) is 7.96. The zero-order chi connectivity index (χ0) is 20.4. The van der Waals surface area contributed by atoms with E-state index < -0.39 is 0 Å². The molecule has 1 unspecified atom stereocenters. The van der Waals surface area contributed by atoms with E-state index in [-0.39, 0.29) is 23.8 Å². The smallest absolute Gasteiger partial charge is 0.272 e. The zero-order valence-corrected chi connectivity index (χ0v) is 17.0. The molecule has 8 heteroatoms. The summed E-state index contributed by atoms with van der Waals surface area (Å²) in [5, 5.41) is 3.91. The van der Waals surface area contributed by atoms with Crippen LogP contribution in [0.15, 0.2) is 22.9 Å². The van der Waals surface area contributed by atoms with E-state index in [2.05, 4.69) is 15.1 Å². The van der Waals surface area contributed by atoms with Crippen molar-refractivity contribution in [3.8, 4) is 0 Å². The molecule has 3 heterocycles. The Kier molecular flexibility index (Phi) is 5.60. The Morgan fingerprint density at radius 3 is 2.59 bits per heavy atom. The molecular formula is C21H27N5O3. The Bertz CT molecular complexity index is 890. The molecule has 0 radical (unpaired) electrons. The monoisotopic (exact) mass is 397 g/mol. The third-order valence-electron chi connectivity index (χ3n) is 5.97. The van der Waals surface area contributed by atoms with Gasteiger partial charge in [0.25, 0.3) is 5.91 Å². The summed E-state index contributed by atoms with van der Waals surface area (Å²) < 4.78 is 5.43. The van der Waals surface area contributed by atoms with Crippen LogP contribution in [0.25, 0.3) is 0 Å². The minimum absolute atomic E-state index is 0.0572. The van der Waals surface area contributed by atoms with Gasteiger partial charge in [0.1, 0.15) is 11.7 Å². The number of pyridine rings is 1. The second-order valence-electron chi connectivity index (χ2n) is 7.96. The molecular weight excluding hydrogens is 370 g/mol. The van der Waals surface area contributed by atoms with Gasteiger partial charge in [-0.05, 0) is 44.7 Å². The van der Waals surface area contributed by atoms with E-state index in [1.165, 1.54) is 0 Å². The molecule has 1 aliphatic carbocycles. The van der Waals surface area contributed by atoms with Crippen molar-refractivity contribution in [1.82, 2.24) is 24.9 Å². The summed E-state index contributed by atoms with van der Waals surface area (Å²) in [5.74, 6) is 1.11. The third kappa shape index (κ3) is 4.02. The van der Waals surface area contributed by atoms with Crippen LogP contribution in [0.5, 0.6) is 0 Å². The molecule has 4 rings (SSSR count). The quantitative estimate of drug-likeness (QED) is 0.791. The highest BCUT2D eigenvalue weighted by Crippen LogP contribution is 2.32. The molecule has 2 aliphatic rings. The highest BCUT2D eigenvalue weighted by atomic mass is 16.5. The molecule has 1 saturated heterocycles. The first kappa shape index (κ1) is 19.5. The van der Waals surface area contributed by atoms with E-state index in [0.717, 1.165) is 31.2 Å². The van der Waals surface area contributed by atoms with Crippen LogP contribution in [0.1, 0.15) is 65.9 Å². The number of nitrogens with zero attached hydrogens (tertiary/aromatic N) is 5. The average molecular weight is 397 g/mol. The number of amides is 2. The normalized spacial score (nSPS) is 20.7. The van der Waals surface area contributed by atoms with Gasteiger partial charge in [-0.1, -0.05) is 24.1 Å². The Morgan fingerprint density at radius 2 is 1.90 bits per heavy atom. The SMILES string of the molecule is Cc1noc(C2CCN(C(=O)c3ncccc3C)CCN2C(=O)C2CCCC2)n1. The van der Waals surface area contributed by atoms with E-state index >= 15 is 0 Å². The van der Waals surface area contributed by atoms with Gasteiger partial charge in [0.05, 0.1) is 0 Å². The van der Waals surface area contributed by atoms with Crippen LogP contribution in [0.3, 0.4) is 0 Å². The van der Waals surface area contributed by atoms with Crippen molar-refractivity contribution in [3.05, 3.63) is 41.3 Å². The van der Waals surface area contributed by atoms with Crippen LogP contribution < -0.4 is 0 Å². The van der Waals surface area contributed by atoms with Gasteiger partial charge in [0.2, 0.25) is 11.8 Å². The lowest BCUT2D eigenvalue weighted by molar-refractivity contribution is -0.138. The Balaban J connectivity index is 1.58. The lowest BCUT2D eigenvalue weighted by Gasteiger charge is -2.29. The molecule has 2 fully saturated rings. The predicted molar refractivity (Wildman–Crippen MR) is 105 cm³/mol. The molecule has 2 aromatic heterocycles. The fourth-order valence-electron chi connectivity index (χ4n) is 4.37. The van der Waals surface area contributed by atoms with Crippen molar-refractivity contribution < 1.29 is 14.1 Å². The van der Waals surface area contributed by atoms with Crippen molar-refractivity contribution in [3.63, 3.8) is 0 Å². The number of aryl methyl sites for hydroxylation is 2. The first-order valence-corrected chi connectivity index (χ1v) is 10.4. The lowest BCUT2D eigenvalue weighted by Crippen LogP contribution is -2.41. The molecule has 0 spiro atoms. The Labute approximate surface area is 170 Å². The molecule has 154 valence electrons. The van der Waals surface area contributed by atoms with E-state index in [0.29, 0.717) is 43.5 Å². The van der Waals surface area contributed by atoms with E-state index in [4.69, 9.17) is 4.52 Å². The number of aromatic nitrogens is 3. The number of hydrogen-bond donors (Lipinski definition) is 0. The maximum atomic E-state index is 13.3. The van der Waals surface area contributed by atoms with Gasteiger partial charge < -0.3 is 14.3 Å². The van der Waals surface area contributed by atoms with Crippen molar-refractivity contribution in [2.24, 2.45) is 5.92 Å². The second kappa shape index (κ2) is 8.31. The van der Waals surface area contributed by atoms with E-state index in [9.17, 15) is 9.59 Å². The first-order valence-electron chi connectivity index (χ1n) is 10.4. The summed E-state index contributed by atoms with van der Waals surface area (Å²) in [6.07, 6.45) is 6.26. The van der Waals surface area contributed by atoms with Crippen molar-refractivity contribution in [1.29, 1.82) is 0 Å². The predicted octanol–water partition coefficient (Wildman–Crippen LogP) is 2.69. The summed E-state index contributed by atoms with van der Waals surface area (Å²) >= 11 is 0. The van der Waals surface area contributed by atoms with Crippen LogP contribution >= 0.6 is 0 Å². The molecule has 1 atom stereocenters. The maximum absolute atomic E-state index is 13.3. The summed E-state index contributed by atoms with van der Waals surface area (Å²) in [6, 6.07) is 3.41. The van der Waals surface area contributed by atoms with E-state index in [1.807, 2.05) is 24.0 Å². The third-order valence-corrected chi connectivity index (χ3v) is 5.97. The number of carbonyl (C=O) groups is 2. The minimum atomic E-state index is -0.299. The van der Waals surface area contributed by atoms with Gasteiger partial charge in [-0.25, -0.2) is 0 Å². The van der Waals surface area contributed by atoms with Crippen LogP contribution in [0.2, 0.25) is 0 Å². The summed E-state index contributed by atoms with van der Waals surface area (Å²) in [5.41, 5.74) is 1.32. The van der Waals surface area contributed by atoms with Crippen molar-refractivity contribution in [2.45, 2.75) is 52.0 Å².